The predicted molar refractivity (Wildman–Crippen MR) is 94.8 cm³/mol. The van der Waals surface area contributed by atoms with E-state index in [1.54, 1.807) is 7.11 Å². The number of unbranched alkanes of at least 4 members (excludes halogenated alkanes) is 11. The van der Waals surface area contributed by atoms with E-state index in [1.165, 1.54) is 77.0 Å². The molecule has 0 aliphatic rings. The van der Waals surface area contributed by atoms with Crippen LogP contribution in [0.5, 0.6) is 0 Å². The van der Waals surface area contributed by atoms with E-state index in [4.69, 9.17) is 10.5 Å². The fraction of sp³-hybridized carbons (Fsp3) is 1.00. The molecule has 0 saturated heterocycles. The summed E-state index contributed by atoms with van der Waals surface area (Å²) in [6.07, 6.45) is 18.0. The molecule has 2 heteroatoms. The topological polar surface area (TPSA) is 35.2 Å². The van der Waals surface area contributed by atoms with Crippen LogP contribution >= 0.6 is 0 Å². The minimum atomic E-state index is -0.216. The molecule has 0 aromatic heterocycles. The maximum absolute atomic E-state index is 6.10. The first kappa shape index (κ1) is 20.9. The quantitative estimate of drug-likeness (QED) is 0.386. The van der Waals surface area contributed by atoms with Crippen LogP contribution < -0.4 is 5.73 Å². The molecule has 0 bridgehead atoms. The Bertz CT molecular complexity index is 210. The smallest absolute Gasteiger partial charge is 0.0745 e. The molecule has 2 N–H and O–H groups in total. The Morgan fingerprint density at radius 3 is 1.48 bits per heavy atom. The standard InChI is InChI=1S/C19H41NO/c1-5-6-7-8-9-10-11-12-13-14-15-16-17-18(21-4)19(2,3)20/h18H,5-17,20H2,1-4H3. The summed E-state index contributed by atoms with van der Waals surface area (Å²) in [5, 5.41) is 0. The molecule has 21 heavy (non-hydrogen) atoms. The maximum Gasteiger partial charge on any atom is 0.0745 e. The lowest BCUT2D eigenvalue weighted by molar-refractivity contribution is 0.0409. The second kappa shape index (κ2) is 13.6. The van der Waals surface area contributed by atoms with E-state index in [1.807, 2.05) is 0 Å². The van der Waals surface area contributed by atoms with E-state index in [0.717, 1.165) is 6.42 Å². The second-order valence-corrected chi connectivity index (χ2v) is 7.22. The van der Waals surface area contributed by atoms with Gasteiger partial charge in [0.2, 0.25) is 0 Å². The molecule has 0 fully saturated rings. The normalized spacial score (nSPS) is 13.6. The SMILES string of the molecule is CCCCCCCCCCCCCCC(OC)C(C)(C)N. The summed E-state index contributed by atoms with van der Waals surface area (Å²) in [5.41, 5.74) is 5.89. The first-order chi connectivity index (χ1) is 10.0. The fourth-order valence-corrected chi connectivity index (χ4v) is 2.96. The molecule has 0 aromatic carbocycles. The van der Waals surface area contributed by atoms with Crippen molar-refractivity contribution in [2.45, 2.75) is 116 Å². The summed E-state index contributed by atoms with van der Waals surface area (Å²) in [7, 11) is 1.78. The summed E-state index contributed by atoms with van der Waals surface area (Å²) in [6.45, 7) is 6.40. The van der Waals surface area contributed by atoms with Crippen LogP contribution in [0.1, 0.15) is 104 Å². The zero-order valence-corrected chi connectivity index (χ0v) is 15.3. The van der Waals surface area contributed by atoms with Crippen LogP contribution in [0.25, 0.3) is 0 Å². The molecule has 0 aromatic rings. The van der Waals surface area contributed by atoms with Gasteiger partial charge < -0.3 is 10.5 Å². The van der Waals surface area contributed by atoms with Crippen molar-refractivity contribution in [1.82, 2.24) is 0 Å². The third kappa shape index (κ3) is 13.3. The number of methoxy groups -OCH3 is 1. The molecular weight excluding hydrogens is 258 g/mol. The highest BCUT2D eigenvalue weighted by Crippen LogP contribution is 2.17. The van der Waals surface area contributed by atoms with E-state index in [-0.39, 0.29) is 11.6 Å². The van der Waals surface area contributed by atoms with Crippen LogP contribution in [0.3, 0.4) is 0 Å². The second-order valence-electron chi connectivity index (χ2n) is 7.22. The summed E-state index contributed by atoms with van der Waals surface area (Å²) >= 11 is 0. The van der Waals surface area contributed by atoms with Crippen molar-refractivity contribution in [1.29, 1.82) is 0 Å². The molecule has 0 radical (unpaired) electrons. The van der Waals surface area contributed by atoms with E-state index in [0.29, 0.717) is 0 Å². The minimum Gasteiger partial charge on any atom is -0.380 e. The van der Waals surface area contributed by atoms with Crippen molar-refractivity contribution < 1.29 is 4.74 Å². The molecule has 0 amide bonds. The Labute approximate surface area is 134 Å². The predicted octanol–water partition coefficient (Wildman–Crippen LogP) is 5.83. The average molecular weight is 300 g/mol. The van der Waals surface area contributed by atoms with Gasteiger partial charge in [-0.15, -0.1) is 0 Å². The van der Waals surface area contributed by atoms with Crippen molar-refractivity contribution >= 4 is 0 Å². The highest BCUT2D eigenvalue weighted by atomic mass is 16.5. The van der Waals surface area contributed by atoms with E-state index in [2.05, 4.69) is 20.8 Å². The molecule has 0 saturated carbocycles. The highest BCUT2D eigenvalue weighted by Gasteiger charge is 2.23. The third-order valence-electron chi connectivity index (χ3n) is 4.43. The van der Waals surface area contributed by atoms with Gasteiger partial charge in [-0.25, -0.2) is 0 Å². The van der Waals surface area contributed by atoms with Crippen LogP contribution in [0, 0.1) is 0 Å². The molecule has 1 atom stereocenters. The van der Waals surface area contributed by atoms with E-state index >= 15 is 0 Å². The molecule has 0 aliphatic carbocycles. The molecule has 2 nitrogen and oxygen atoms in total. The van der Waals surface area contributed by atoms with Crippen LogP contribution in [0.2, 0.25) is 0 Å². The van der Waals surface area contributed by atoms with Crippen molar-refractivity contribution in [2.75, 3.05) is 7.11 Å². The maximum atomic E-state index is 6.10. The largest absolute Gasteiger partial charge is 0.380 e. The summed E-state index contributed by atoms with van der Waals surface area (Å²) < 4.78 is 5.49. The lowest BCUT2D eigenvalue weighted by atomic mass is 9.93. The molecular formula is C19H41NO. The lowest BCUT2D eigenvalue weighted by Gasteiger charge is -2.29. The summed E-state index contributed by atoms with van der Waals surface area (Å²) in [4.78, 5) is 0. The lowest BCUT2D eigenvalue weighted by Crippen LogP contribution is -2.46. The molecule has 0 aliphatic heterocycles. The Morgan fingerprint density at radius 2 is 1.14 bits per heavy atom. The minimum absolute atomic E-state index is 0.195. The molecule has 0 spiro atoms. The number of rotatable bonds is 15. The van der Waals surface area contributed by atoms with Crippen LogP contribution in [0.4, 0.5) is 0 Å². The van der Waals surface area contributed by atoms with Gasteiger partial charge in [-0.3, -0.25) is 0 Å². The molecule has 0 rings (SSSR count). The number of nitrogens with two attached hydrogens (primary N) is 1. The summed E-state index contributed by atoms with van der Waals surface area (Å²) in [5.74, 6) is 0. The average Bonchev–Trinajstić information content (AvgIpc) is 2.42. The van der Waals surface area contributed by atoms with Gasteiger partial charge in [-0.05, 0) is 20.3 Å². The molecule has 1 unspecified atom stereocenters. The van der Waals surface area contributed by atoms with Crippen LogP contribution in [-0.4, -0.2) is 18.8 Å². The van der Waals surface area contributed by atoms with E-state index < -0.39 is 0 Å². The van der Waals surface area contributed by atoms with Crippen LogP contribution in [-0.2, 0) is 4.74 Å². The van der Waals surface area contributed by atoms with Gasteiger partial charge in [0.05, 0.1) is 6.10 Å². The number of ether oxygens (including phenoxy) is 1. The zero-order chi connectivity index (χ0) is 16.0. The Morgan fingerprint density at radius 1 is 0.762 bits per heavy atom. The zero-order valence-electron chi connectivity index (χ0n) is 15.3. The molecule has 128 valence electrons. The van der Waals surface area contributed by atoms with Crippen molar-refractivity contribution in [3.05, 3.63) is 0 Å². The summed E-state index contributed by atoms with van der Waals surface area (Å²) in [6, 6.07) is 0. The number of hydrogen-bond acceptors (Lipinski definition) is 2. The first-order valence-electron chi connectivity index (χ1n) is 9.34. The Kier molecular flexibility index (Phi) is 13.5. The van der Waals surface area contributed by atoms with Gasteiger partial charge in [0.1, 0.15) is 0 Å². The van der Waals surface area contributed by atoms with E-state index in [9.17, 15) is 0 Å². The first-order valence-corrected chi connectivity index (χ1v) is 9.34. The van der Waals surface area contributed by atoms with Crippen molar-refractivity contribution in [2.24, 2.45) is 5.73 Å². The van der Waals surface area contributed by atoms with Gasteiger partial charge in [0.15, 0.2) is 0 Å². The fourth-order valence-electron chi connectivity index (χ4n) is 2.96. The van der Waals surface area contributed by atoms with Crippen molar-refractivity contribution in [3.63, 3.8) is 0 Å². The van der Waals surface area contributed by atoms with Gasteiger partial charge >= 0.3 is 0 Å². The molecule has 0 heterocycles. The van der Waals surface area contributed by atoms with Gasteiger partial charge in [-0.2, -0.15) is 0 Å². The van der Waals surface area contributed by atoms with Gasteiger partial charge in [0.25, 0.3) is 0 Å². The highest BCUT2D eigenvalue weighted by molar-refractivity contribution is 4.82. The third-order valence-corrected chi connectivity index (χ3v) is 4.43. The van der Waals surface area contributed by atoms with Crippen LogP contribution in [0.15, 0.2) is 0 Å². The van der Waals surface area contributed by atoms with Gasteiger partial charge in [-0.1, -0.05) is 84.0 Å². The van der Waals surface area contributed by atoms with Crippen molar-refractivity contribution in [3.8, 4) is 0 Å². The monoisotopic (exact) mass is 299 g/mol. The number of hydrogen-bond donors (Lipinski definition) is 1. The Balaban J connectivity index is 3.26. The van der Waals surface area contributed by atoms with Gasteiger partial charge in [0, 0.05) is 12.6 Å². The Hall–Kier alpha value is -0.0800.